The van der Waals surface area contributed by atoms with Gasteiger partial charge in [-0.05, 0) is 65.9 Å². The van der Waals surface area contributed by atoms with Gasteiger partial charge in [-0.2, -0.15) is 9.78 Å². The smallest absolute Gasteiger partial charge is 0.293 e. The Bertz CT molecular complexity index is 1390. The van der Waals surface area contributed by atoms with Crippen molar-refractivity contribution in [2.75, 3.05) is 12.3 Å². The number of nitrogen functional groups attached to an aromatic ring is 1. The molecule has 0 spiro atoms. The Kier molecular flexibility index (Phi) is 6.23. The average Bonchev–Trinajstić information content (AvgIpc) is 3.49. The summed E-state index contributed by atoms with van der Waals surface area (Å²) in [4.78, 5) is 15.5. The number of piperidine rings is 1. The number of nitrogens with zero attached hydrogens (tertiary/aromatic N) is 7. The van der Waals surface area contributed by atoms with Gasteiger partial charge < -0.3 is 5.73 Å². The summed E-state index contributed by atoms with van der Waals surface area (Å²) in [5, 5.41) is 22.3. The van der Waals surface area contributed by atoms with Crippen LogP contribution < -0.4 is 11.2 Å². The Hall–Kier alpha value is -4.12. The van der Waals surface area contributed by atoms with Crippen LogP contribution in [0.1, 0.15) is 54.9 Å². The van der Waals surface area contributed by atoms with Gasteiger partial charge in [0.1, 0.15) is 0 Å². The summed E-state index contributed by atoms with van der Waals surface area (Å²) in [6, 6.07) is 14.5. The lowest BCUT2D eigenvalue weighted by Crippen LogP contribution is -2.38. The highest BCUT2D eigenvalue weighted by molar-refractivity contribution is 6.03. The Morgan fingerprint density at radius 1 is 1.20 bits per heavy atom. The monoisotopic (exact) mass is 473 g/mol. The van der Waals surface area contributed by atoms with Gasteiger partial charge in [-0.1, -0.05) is 48.0 Å². The summed E-state index contributed by atoms with van der Waals surface area (Å²) < 4.78 is 6.16. The molecule has 1 unspecified atom stereocenters. The fraction of sp³-hybridized carbons (Fsp3) is 0.333. The van der Waals surface area contributed by atoms with Crippen LogP contribution in [-0.4, -0.2) is 54.4 Å². The minimum Gasteiger partial charge on any atom is -0.378 e. The molecule has 1 aliphatic heterocycles. The Balaban J connectivity index is 1.42. The summed E-state index contributed by atoms with van der Waals surface area (Å²) in [5.74, 6) is -0.196. The first-order valence-electron chi connectivity index (χ1n) is 11.6. The summed E-state index contributed by atoms with van der Waals surface area (Å²) in [6.45, 7) is 5.39. The number of amides is 1. The summed E-state index contributed by atoms with van der Waals surface area (Å²) in [7, 11) is 0. The first-order valence-corrected chi connectivity index (χ1v) is 11.6. The number of carbonyl (C=O) groups excluding carboxylic acids is 1. The molecule has 180 valence electrons. The van der Waals surface area contributed by atoms with Crippen LogP contribution in [0.4, 0.5) is 5.82 Å². The lowest BCUT2D eigenvalue weighted by Gasteiger charge is -2.33. The number of rotatable bonds is 6. The van der Waals surface area contributed by atoms with Crippen LogP contribution in [0.3, 0.4) is 0 Å². The van der Waals surface area contributed by atoms with E-state index in [0.29, 0.717) is 24.0 Å². The topological polar surface area (TPSA) is 140 Å². The summed E-state index contributed by atoms with van der Waals surface area (Å²) in [5.41, 5.74) is 10.8. The first kappa shape index (κ1) is 22.7. The van der Waals surface area contributed by atoms with E-state index in [4.69, 9.17) is 10.4 Å². The maximum absolute atomic E-state index is 13.2. The van der Waals surface area contributed by atoms with Crippen molar-refractivity contribution in [3.8, 4) is 5.82 Å². The van der Waals surface area contributed by atoms with Gasteiger partial charge in [0.05, 0.1) is 11.4 Å². The number of nitrogens with two attached hydrogens (primary N) is 1. The second-order valence-corrected chi connectivity index (χ2v) is 8.78. The molecule has 2 aromatic carbocycles. The highest BCUT2D eigenvalue weighted by Gasteiger charge is 2.28. The number of hydrazone groups is 1. The molecule has 4 aromatic rings. The fourth-order valence-electron chi connectivity index (χ4n) is 4.38. The van der Waals surface area contributed by atoms with Crippen molar-refractivity contribution in [1.29, 1.82) is 0 Å². The summed E-state index contributed by atoms with van der Waals surface area (Å²) in [6.07, 6.45) is 3.37. The van der Waals surface area contributed by atoms with Gasteiger partial charge in [0.25, 0.3) is 5.91 Å². The molecule has 5 rings (SSSR count). The molecule has 3 heterocycles. The van der Waals surface area contributed by atoms with E-state index in [1.807, 2.05) is 43.3 Å². The van der Waals surface area contributed by atoms with E-state index in [0.717, 1.165) is 35.7 Å². The molecular weight excluding hydrogens is 446 g/mol. The van der Waals surface area contributed by atoms with Crippen molar-refractivity contribution in [2.24, 2.45) is 5.10 Å². The molecular formula is C24H27N9O2. The second kappa shape index (κ2) is 9.63. The van der Waals surface area contributed by atoms with Gasteiger partial charge in [-0.25, -0.2) is 10.1 Å². The lowest BCUT2D eigenvalue weighted by molar-refractivity contribution is 0.0944. The van der Waals surface area contributed by atoms with Crippen LogP contribution in [0.15, 0.2) is 52.2 Å². The molecule has 11 heteroatoms. The van der Waals surface area contributed by atoms with Crippen molar-refractivity contribution in [1.82, 2.24) is 35.6 Å². The average molecular weight is 474 g/mol. The van der Waals surface area contributed by atoms with Gasteiger partial charge in [-0.3, -0.25) is 9.69 Å². The maximum Gasteiger partial charge on any atom is 0.293 e. The minimum absolute atomic E-state index is 0.0694. The van der Waals surface area contributed by atoms with E-state index >= 15 is 0 Å². The van der Waals surface area contributed by atoms with Gasteiger partial charge in [0, 0.05) is 12.6 Å². The number of anilines is 1. The van der Waals surface area contributed by atoms with Crippen LogP contribution in [-0.2, 0) is 6.54 Å². The molecule has 1 aliphatic rings. The third kappa shape index (κ3) is 4.62. The maximum atomic E-state index is 13.2. The van der Waals surface area contributed by atoms with Crippen LogP contribution in [0.5, 0.6) is 0 Å². The third-order valence-electron chi connectivity index (χ3n) is 6.46. The zero-order chi connectivity index (χ0) is 24.4. The van der Waals surface area contributed by atoms with Gasteiger partial charge >= 0.3 is 0 Å². The molecule has 0 aliphatic carbocycles. The number of likely N-dealkylation sites (tertiary alicyclic amines) is 1. The van der Waals surface area contributed by atoms with Gasteiger partial charge in [0.15, 0.2) is 5.69 Å². The molecule has 0 saturated carbocycles. The Labute approximate surface area is 201 Å². The van der Waals surface area contributed by atoms with E-state index in [2.05, 4.69) is 49.0 Å². The van der Waals surface area contributed by atoms with E-state index in [9.17, 15) is 4.79 Å². The molecule has 1 atom stereocenters. The quantitative estimate of drug-likeness (QED) is 0.322. The van der Waals surface area contributed by atoms with Crippen molar-refractivity contribution >= 4 is 28.2 Å². The Morgan fingerprint density at radius 2 is 2.03 bits per heavy atom. The van der Waals surface area contributed by atoms with E-state index in [-0.39, 0.29) is 17.3 Å². The van der Waals surface area contributed by atoms with E-state index < -0.39 is 5.91 Å². The van der Waals surface area contributed by atoms with Crippen LogP contribution >= 0.6 is 0 Å². The zero-order valence-electron chi connectivity index (χ0n) is 19.7. The number of benzene rings is 2. The number of aromatic nitrogens is 5. The first-order chi connectivity index (χ1) is 17.0. The third-order valence-corrected chi connectivity index (χ3v) is 6.46. The number of carbonyl (C=O) groups is 1. The highest BCUT2D eigenvalue weighted by atomic mass is 16.6. The largest absolute Gasteiger partial charge is 0.378 e. The SMILES string of the molecule is C/C(=N/NC(=O)c1nnn(-c2nonc2N)c1CN1CCCCC1C)c1ccc2ccccc2c1. The fourth-order valence-corrected chi connectivity index (χ4v) is 4.38. The molecule has 35 heavy (non-hydrogen) atoms. The van der Waals surface area contributed by atoms with Crippen molar-refractivity contribution < 1.29 is 9.42 Å². The lowest BCUT2D eigenvalue weighted by atomic mass is 10.0. The predicted molar refractivity (Wildman–Crippen MR) is 131 cm³/mol. The minimum atomic E-state index is -0.467. The van der Waals surface area contributed by atoms with Crippen molar-refractivity contribution in [3.05, 3.63) is 59.4 Å². The highest BCUT2D eigenvalue weighted by Crippen LogP contribution is 2.23. The number of hydrogen-bond donors (Lipinski definition) is 2. The zero-order valence-corrected chi connectivity index (χ0v) is 19.7. The molecule has 3 N–H and O–H groups in total. The van der Waals surface area contributed by atoms with Gasteiger partial charge in [-0.15, -0.1) is 5.10 Å². The molecule has 11 nitrogen and oxygen atoms in total. The predicted octanol–water partition coefficient (Wildman–Crippen LogP) is 2.91. The normalized spacial score (nSPS) is 17.1. The van der Waals surface area contributed by atoms with E-state index in [1.54, 1.807) is 0 Å². The number of nitrogens with one attached hydrogen (secondary N) is 1. The van der Waals surface area contributed by atoms with Crippen LogP contribution in [0.25, 0.3) is 16.6 Å². The van der Waals surface area contributed by atoms with Crippen LogP contribution in [0.2, 0.25) is 0 Å². The van der Waals surface area contributed by atoms with Crippen LogP contribution in [0, 0.1) is 0 Å². The number of fused-ring (bicyclic) bond motifs is 1. The number of hydrogen-bond acceptors (Lipinski definition) is 9. The van der Waals surface area contributed by atoms with Crippen molar-refractivity contribution in [2.45, 2.75) is 45.7 Å². The Morgan fingerprint density at radius 3 is 2.80 bits per heavy atom. The standard InChI is InChI=1S/C24H27N9O2/c1-15-7-5-6-12-32(15)14-20-21(27-31-33(20)23-22(25)29-35-30-23)24(34)28-26-16(2)18-11-10-17-8-3-4-9-19(17)13-18/h3-4,8-11,13,15H,5-7,12,14H2,1-2H3,(H2,25,29)(H,28,34)/b26-16-. The van der Waals surface area contributed by atoms with E-state index in [1.165, 1.54) is 11.1 Å². The van der Waals surface area contributed by atoms with Gasteiger partial charge in [0.2, 0.25) is 11.6 Å². The summed E-state index contributed by atoms with van der Waals surface area (Å²) >= 11 is 0. The second-order valence-electron chi connectivity index (χ2n) is 8.78. The molecule has 0 radical (unpaired) electrons. The molecule has 1 saturated heterocycles. The molecule has 2 aromatic heterocycles. The molecule has 0 bridgehead atoms. The molecule has 1 amide bonds. The van der Waals surface area contributed by atoms with Crippen molar-refractivity contribution in [3.63, 3.8) is 0 Å². The molecule has 1 fully saturated rings.